The zero-order chi connectivity index (χ0) is 18.9. The van der Waals surface area contributed by atoms with Gasteiger partial charge in [0, 0.05) is 0 Å². The fraction of sp³-hybridized carbons (Fsp3) is 0.318. The Kier molecular flexibility index (Phi) is 4.99. The number of benzene rings is 3. The Morgan fingerprint density at radius 2 is 1.42 bits per heavy atom. The Bertz CT molecular complexity index is 973. The van der Waals surface area contributed by atoms with Crippen LogP contribution < -0.4 is 4.74 Å². The summed E-state index contributed by atoms with van der Waals surface area (Å²) >= 11 is 0. The fourth-order valence-electron chi connectivity index (χ4n) is 2.87. The van der Waals surface area contributed by atoms with Gasteiger partial charge in [0.25, 0.3) is 0 Å². The number of carbonyl (C=O) groups excluding carboxylic acids is 1. The van der Waals surface area contributed by atoms with Crippen molar-refractivity contribution in [2.24, 2.45) is 5.41 Å². The maximum atomic E-state index is 12.3. The summed E-state index contributed by atoms with van der Waals surface area (Å²) in [6, 6.07) is 13.4. The molecule has 0 heterocycles. The van der Waals surface area contributed by atoms with Gasteiger partial charge < -0.3 is 14.9 Å². The number of hydrogen-bond donors (Lipinski definition) is 2. The molecule has 0 fully saturated rings. The van der Waals surface area contributed by atoms with Gasteiger partial charge in [-0.3, -0.25) is 4.79 Å². The first-order valence-electron chi connectivity index (χ1n) is 8.81. The van der Waals surface area contributed by atoms with Crippen molar-refractivity contribution in [2.45, 2.75) is 40.4 Å². The van der Waals surface area contributed by atoms with Crippen molar-refractivity contribution >= 4 is 27.5 Å². The molecule has 0 unspecified atom stereocenters. The molecule has 0 saturated carbocycles. The summed E-state index contributed by atoms with van der Waals surface area (Å²) in [5.41, 5.74) is 0.924. The van der Waals surface area contributed by atoms with Gasteiger partial charge in [-0.2, -0.15) is 0 Å². The molecular formula is C22H24O4. The molecule has 0 aliphatic heterocycles. The normalized spacial score (nSPS) is 11.9. The van der Waals surface area contributed by atoms with Gasteiger partial charge in [-0.05, 0) is 89.3 Å². The van der Waals surface area contributed by atoms with Crippen LogP contribution in [0.15, 0.2) is 42.5 Å². The van der Waals surface area contributed by atoms with Crippen molar-refractivity contribution < 1.29 is 19.7 Å². The van der Waals surface area contributed by atoms with Crippen LogP contribution in [0.4, 0.5) is 0 Å². The molecule has 0 spiro atoms. The van der Waals surface area contributed by atoms with E-state index in [2.05, 4.69) is 0 Å². The van der Waals surface area contributed by atoms with Crippen LogP contribution in [0.5, 0.6) is 5.75 Å². The van der Waals surface area contributed by atoms with E-state index in [0.29, 0.717) is 17.7 Å². The Balaban J connectivity index is 2.04. The minimum absolute atomic E-state index is 0.105. The minimum atomic E-state index is -0.519. The van der Waals surface area contributed by atoms with Crippen molar-refractivity contribution in [2.75, 3.05) is 0 Å². The van der Waals surface area contributed by atoms with Crippen LogP contribution in [0, 0.1) is 5.41 Å². The van der Waals surface area contributed by atoms with E-state index in [1.165, 1.54) is 0 Å². The summed E-state index contributed by atoms with van der Waals surface area (Å²) in [6.07, 6.45) is 0.710. The molecular weight excluding hydrogens is 328 g/mol. The third-order valence-electron chi connectivity index (χ3n) is 5.07. The van der Waals surface area contributed by atoms with Gasteiger partial charge in [0.2, 0.25) is 0 Å². The van der Waals surface area contributed by atoms with Crippen molar-refractivity contribution in [1.82, 2.24) is 0 Å². The second-order valence-corrected chi connectivity index (χ2v) is 7.27. The predicted molar refractivity (Wildman–Crippen MR) is 103 cm³/mol. The topological polar surface area (TPSA) is 66.8 Å². The molecule has 2 N–H and O–H groups in total. The Labute approximate surface area is 153 Å². The first kappa shape index (κ1) is 18.4. The van der Waals surface area contributed by atoms with Gasteiger partial charge in [0.15, 0.2) is 0 Å². The molecule has 3 rings (SSSR count). The van der Waals surface area contributed by atoms with Gasteiger partial charge >= 0.3 is 5.97 Å². The average molecular weight is 352 g/mol. The summed E-state index contributed by atoms with van der Waals surface area (Å²) in [6.45, 7) is 5.49. The molecule has 0 aliphatic carbocycles. The Morgan fingerprint density at radius 3 is 1.96 bits per heavy atom. The maximum Gasteiger partial charge on any atom is 0.316 e. The van der Waals surface area contributed by atoms with Crippen LogP contribution in [-0.2, 0) is 18.0 Å². The predicted octanol–water partition coefficient (Wildman–Crippen LogP) is 4.32. The third-order valence-corrected chi connectivity index (χ3v) is 5.07. The van der Waals surface area contributed by atoms with Crippen molar-refractivity contribution in [1.29, 1.82) is 0 Å². The number of ether oxygens (including phenoxy) is 1. The first-order valence-corrected chi connectivity index (χ1v) is 8.81. The molecule has 4 heteroatoms. The van der Waals surface area contributed by atoms with E-state index in [1.807, 2.05) is 57.2 Å². The summed E-state index contributed by atoms with van der Waals surface area (Å²) in [5, 5.41) is 22.9. The molecule has 0 atom stereocenters. The Morgan fingerprint density at radius 1 is 0.885 bits per heavy atom. The highest BCUT2D eigenvalue weighted by Crippen LogP contribution is 2.30. The molecule has 4 nitrogen and oxygen atoms in total. The third kappa shape index (κ3) is 3.43. The van der Waals surface area contributed by atoms with E-state index in [1.54, 1.807) is 6.07 Å². The SMILES string of the molecule is CCC(C)(C)C(=O)Oc1ccc2cc3cc(CO)c(CO)cc3cc2c1. The Hall–Kier alpha value is -2.43. The number of fused-ring (bicyclic) bond motifs is 2. The van der Waals surface area contributed by atoms with Gasteiger partial charge in [-0.1, -0.05) is 13.0 Å². The van der Waals surface area contributed by atoms with Crippen LogP contribution in [-0.4, -0.2) is 16.2 Å². The average Bonchev–Trinajstić information content (AvgIpc) is 2.65. The number of carbonyl (C=O) groups is 1. The second kappa shape index (κ2) is 7.06. The lowest BCUT2D eigenvalue weighted by Gasteiger charge is -2.20. The zero-order valence-corrected chi connectivity index (χ0v) is 15.4. The molecule has 0 aromatic heterocycles. The number of aliphatic hydroxyl groups is 2. The molecule has 0 amide bonds. The van der Waals surface area contributed by atoms with E-state index < -0.39 is 5.41 Å². The van der Waals surface area contributed by atoms with Crippen molar-refractivity contribution in [3.05, 3.63) is 53.6 Å². The number of aliphatic hydroxyl groups excluding tert-OH is 2. The van der Waals surface area contributed by atoms with Crippen molar-refractivity contribution in [3.8, 4) is 5.75 Å². The minimum Gasteiger partial charge on any atom is -0.426 e. The van der Waals surface area contributed by atoms with Gasteiger partial charge in [0.1, 0.15) is 5.75 Å². The second-order valence-electron chi connectivity index (χ2n) is 7.27. The van der Waals surface area contributed by atoms with E-state index in [-0.39, 0.29) is 19.2 Å². The van der Waals surface area contributed by atoms with Gasteiger partial charge in [-0.25, -0.2) is 0 Å². The quantitative estimate of drug-likeness (QED) is 0.408. The van der Waals surface area contributed by atoms with Crippen molar-refractivity contribution in [3.63, 3.8) is 0 Å². The summed E-state index contributed by atoms with van der Waals surface area (Å²) in [4.78, 5) is 12.3. The summed E-state index contributed by atoms with van der Waals surface area (Å²) < 4.78 is 5.56. The lowest BCUT2D eigenvalue weighted by atomic mass is 9.91. The molecule has 0 bridgehead atoms. The smallest absolute Gasteiger partial charge is 0.316 e. The highest BCUT2D eigenvalue weighted by atomic mass is 16.5. The molecule has 0 aliphatic rings. The molecule has 0 saturated heterocycles. The molecule has 26 heavy (non-hydrogen) atoms. The zero-order valence-electron chi connectivity index (χ0n) is 15.4. The number of hydrogen-bond acceptors (Lipinski definition) is 4. The summed E-state index contributed by atoms with van der Waals surface area (Å²) in [5.74, 6) is 0.285. The van der Waals surface area contributed by atoms with E-state index in [0.717, 1.165) is 27.1 Å². The lowest BCUT2D eigenvalue weighted by molar-refractivity contribution is -0.144. The fourth-order valence-corrected chi connectivity index (χ4v) is 2.87. The summed E-state index contributed by atoms with van der Waals surface area (Å²) in [7, 11) is 0. The standard InChI is InChI=1S/C22H24O4/c1-4-22(2,3)21(25)26-20-6-5-14-7-15-9-18(12-23)19(13-24)10-16(15)8-17(14)11-20/h5-11,23-24H,4,12-13H2,1-3H3. The highest BCUT2D eigenvalue weighted by Gasteiger charge is 2.27. The molecule has 0 radical (unpaired) electrons. The lowest BCUT2D eigenvalue weighted by Crippen LogP contribution is -2.28. The maximum absolute atomic E-state index is 12.3. The van der Waals surface area contributed by atoms with Crippen LogP contribution in [0.1, 0.15) is 38.3 Å². The van der Waals surface area contributed by atoms with E-state index >= 15 is 0 Å². The van der Waals surface area contributed by atoms with Crippen LogP contribution in [0.2, 0.25) is 0 Å². The van der Waals surface area contributed by atoms with Gasteiger partial charge in [-0.15, -0.1) is 0 Å². The van der Waals surface area contributed by atoms with Crippen LogP contribution >= 0.6 is 0 Å². The molecule has 136 valence electrons. The van der Waals surface area contributed by atoms with Gasteiger partial charge in [0.05, 0.1) is 18.6 Å². The monoisotopic (exact) mass is 352 g/mol. The van der Waals surface area contributed by atoms with E-state index in [9.17, 15) is 15.0 Å². The van der Waals surface area contributed by atoms with Crippen LogP contribution in [0.25, 0.3) is 21.5 Å². The largest absolute Gasteiger partial charge is 0.426 e. The molecule has 3 aromatic carbocycles. The number of esters is 1. The highest BCUT2D eigenvalue weighted by molar-refractivity contribution is 5.99. The number of rotatable bonds is 5. The first-order chi connectivity index (χ1) is 12.4. The van der Waals surface area contributed by atoms with Crippen LogP contribution in [0.3, 0.4) is 0 Å². The van der Waals surface area contributed by atoms with E-state index in [4.69, 9.17) is 4.74 Å². The molecule has 3 aromatic rings.